The Morgan fingerprint density at radius 2 is 1.96 bits per heavy atom. The van der Waals surface area contributed by atoms with Gasteiger partial charge in [0.25, 0.3) is 5.91 Å². The number of hydrogen-bond acceptors (Lipinski definition) is 4. The molecular formula is C21H14BrClN2O3. The maximum atomic E-state index is 12.7. The molecule has 1 amide bonds. The van der Waals surface area contributed by atoms with Crippen LogP contribution < -0.4 is 10.1 Å². The van der Waals surface area contributed by atoms with Crippen molar-refractivity contribution in [3.8, 4) is 17.2 Å². The maximum Gasteiger partial charge on any atom is 0.259 e. The lowest BCUT2D eigenvalue weighted by Gasteiger charge is -2.09. The van der Waals surface area contributed by atoms with Crippen LogP contribution in [0.2, 0.25) is 5.02 Å². The highest BCUT2D eigenvalue weighted by Crippen LogP contribution is 2.31. The molecule has 1 aromatic heterocycles. The first-order valence-electron chi connectivity index (χ1n) is 8.35. The van der Waals surface area contributed by atoms with Crippen LogP contribution in [0, 0.1) is 0 Å². The summed E-state index contributed by atoms with van der Waals surface area (Å²) in [5.41, 5.74) is 2.96. The highest BCUT2D eigenvalue weighted by atomic mass is 79.9. The average molecular weight is 458 g/mol. The van der Waals surface area contributed by atoms with Gasteiger partial charge in [0, 0.05) is 10.2 Å². The molecule has 0 saturated heterocycles. The van der Waals surface area contributed by atoms with Gasteiger partial charge in [-0.15, -0.1) is 0 Å². The lowest BCUT2D eigenvalue weighted by Crippen LogP contribution is -2.13. The Morgan fingerprint density at radius 3 is 2.75 bits per heavy atom. The number of rotatable bonds is 4. The molecule has 5 nitrogen and oxygen atoms in total. The molecular weight excluding hydrogens is 444 g/mol. The number of halogens is 2. The second kappa shape index (κ2) is 7.66. The highest BCUT2D eigenvalue weighted by molar-refractivity contribution is 9.10. The van der Waals surface area contributed by atoms with Crippen LogP contribution in [0.15, 0.2) is 69.6 Å². The summed E-state index contributed by atoms with van der Waals surface area (Å²) < 4.78 is 11.9. The van der Waals surface area contributed by atoms with Gasteiger partial charge in [-0.25, -0.2) is 4.98 Å². The van der Waals surface area contributed by atoms with Crippen molar-refractivity contribution < 1.29 is 13.9 Å². The molecule has 0 radical (unpaired) electrons. The van der Waals surface area contributed by atoms with Gasteiger partial charge in [-0.1, -0.05) is 39.7 Å². The van der Waals surface area contributed by atoms with E-state index in [9.17, 15) is 4.79 Å². The number of ether oxygens (including phenoxy) is 1. The summed E-state index contributed by atoms with van der Waals surface area (Å²) in [6.07, 6.45) is 0. The molecule has 0 aliphatic rings. The minimum atomic E-state index is -0.285. The first kappa shape index (κ1) is 18.5. The number of nitrogens with one attached hydrogen (secondary N) is 1. The fraction of sp³-hybridized carbons (Fsp3) is 0.0476. The molecule has 1 N–H and O–H groups in total. The van der Waals surface area contributed by atoms with E-state index in [2.05, 4.69) is 26.2 Å². The summed E-state index contributed by atoms with van der Waals surface area (Å²) in [6.45, 7) is 0. The predicted molar refractivity (Wildman–Crippen MR) is 113 cm³/mol. The van der Waals surface area contributed by atoms with E-state index in [0.29, 0.717) is 44.6 Å². The molecule has 0 spiro atoms. The number of carbonyl (C=O) groups is 1. The van der Waals surface area contributed by atoms with Crippen LogP contribution in [-0.2, 0) is 0 Å². The monoisotopic (exact) mass is 456 g/mol. The second-order valence-electron chi connectivity index (χ2n) is 5.98. The number of methoxy groups -OCH3 is 1. The minimum absolute atomic E-state index is 0.285. The fourth-order valence-electron chi connectivity index (χ4n) is 2.81. The van der Waals surface area contributed by atoms with Crippen molar-refractivity contribution in [3.05, 3.63) is 75.7 Å². The van der Waals surface area contributed by atoms with Gasteiger partial charge < -0.3 is 14.5 Å². The van der Waals surface area contributed by atoms with Gasteiger partial charge in [-0.05, 0) is 48.5 Å². The van der Waals surface area contributed by atoms with Crippen molar-refractivity contribution in [2.24, 2.45) is 0 Å². The van der Waals surface area contributed by atoms with E-state index in [0.717, 1.165) is 4.47 Å². The topological polar surface area (TPSA) is 64.4 Å². The largest absolute Gasteiger partial charge is 0.496 e. The van der Waals surface area contributed by atoms with Crippen LogP contribution in [0.4, 0.5) is 5.69 Å². The third kappa shape index (κ3) is 3.61. The van der Waals surface area contributed by atoms with E-state index in [1.807, 2.05) is 24.3 Å². The standard InChI is InChI=1S/C21H14BrClN2O3/c1-27-18-8-6-12(22)10-15(18)20(26)24-13-7-9-19-17(11-13)25-21(28-19)14-4-2-3-5-16(14)23/h2-11H,1H3,(H,24,26). The SMILES string of the molecule is COc1ccc(Br)cc1C(=O)Nc1ccc2oc(-c3ccccc3Cl)nc2c1. The number of nitrogens with zero attached hydrogens (tertiary/aromatic N) is 1. The smallest absolute Gasteiger partial charge is 0.259 e. The van der Waals surface area contributed by atoms with Gasteiger partial charge >= 0.3 is 0 Å². The Bertz CT molecular complexity index is 1190. The Labute approximate surface area is 174 Å². The predicted octanol–water partition coefficient (Wildman–Crippen LogP) is 6.17. The quantitative estimate of drug-likeness (QED) is 0.398. The normalized spacial score (nSPS) is 10.8. The molecule has 0 unspecified atom stereocenters. The minimum Gasteiger partial charge on any atom is -0.496 e. The number of aromatic nitrogens is 1. The number of hydrogen-bond donors (Lipinski definition) is 1. The van der Waals surface area contributed by atoms with Crippen LogP contribution in [0.5, 0.6) is 5.75 Å². The molecule has 7 heteroatoms. The summed E-state index contributed by atoms with van der Waals surface area (Å²) in [5, 5.41) is 3.42. The number of benzene rings is 3. The molecule has 3 aromatic carbocycles. The number of fused-ring (bicyclic) bond motifs is 1. The maximum absolute atomic E-state index is 12.7. The molecule has 0 aliphatic carbocycles. The van der Waals surface area contributed by atoms with E-state index in [1.165, 1.54) is 7.11 Å². The van der Waals surface area contributed by atoms with Crippen LogP contribution in [0.25, 0.3) is 22.6 Å². The van der Waals surface area contributed by atoms with Gasteiger partial charge in [-0.3, -0.25) is 4.79 Å². The van der Waals surface area contributed by atoms with Crippen molar-refractivity contribution in [2.75, 3.05) is 12.4 Å². The Morgan fingerprint density at radius 1 is 1.14 bits per heavy atom. The van der Waals surface area contributed by atoms with E-state index < -0.39 is 0 Å². The Kier molecular flexibility index (Phi) is 5.07. The molecule has 4 rings (SSSR count). The number of amides is 1. The molecule has 0 bridgehead atoms. The lowest BCUT2D eigenvalue weighted by atomic mass is 10.2. The van der Waals surface area contributed by atoms with Crippen molar-refractivity contribution >= 4 is 50.2 Å². The molecule has 0 fully saturated rings. The number of anilines is 1. The Hall–Kier alpha value is -2.83. The van der Waals surface area contributed by atoms with Gasteiger partial charge in [0.15, 0.2) is 5.58 Å². The van der Waals surface area contributed by atoms with Crippen molar-refractivity contribution in [1.82, 2.24) is 4.98 Å². The Balaban J connectivity index is 1.65. The summed E-state index contributed by atoms with van der Waals surface area (Å²) in [5.74, 6) is 0.634. The molecule has 140 valence electrons. The molecule has 0 atom stereocenters. The zero-order valence-corrected chi connectivity index (χ0v) is 17.0. The zero-order valence-electron chi connectivity index (χ0n) is 14.7. The van der Waals surface area contributed by atoms with Crippen LogP contribution >= 0.6 is 27.5 Å². The summed E-state index contributed by atoms with van der Waals surface area (Å²) in [6, 6.07) is 17.9. The average Bonchev–Trinajstić information content (AvgIpc) is 3.11. The van der Waals surface area contributed by atoms with E-state index in [-0.39, 0.29) is 5.91 Å². The van der Waals surface area contributed by atoms with Gasteiger partial charge in [0.1, 0.15) is 11.3 Å². The first-order valence-corrected chi connectivity index (χ1v) is 9.52. The van der Waals surface area contributed by atoms with Gasteiger partial charge in [-0.2, -0.15) is 0 Å². The van der Waals surface area contributed by atoms with Crippen LogP contribution in [-0.4, -0.2) is 18.0 Å². The van der Waals surface area contributed by atoms with Gasteiger partial charge in [0.2, 0.25) is 5.89 Å². The third-order valence-corrected chi connectivity index (χ3v) is 4.98. The number of oxazole rings is 1. The van der Waals surface area contributed by atoms with Crippen LogP contribution in [0.3, 0.4) is 0 Å². The molecule has 28 heavy (non-hydrogen) atoms. The zero-order chi connectivity index (χ0) is 19.7. The summed E-state index contributed by atoms with van der Waals surface area (Å²) in [7, 11) is 1.53. The van der Waals surface area contributed by atoms with Crippen molar-refractivity contribution in [2.45, 2.75) is 0 Å². The molecule has 1 heterocycles. The van der Waals surface area contributed by atoms with Crippen LogP contribution in [0.1, 0.15) is 10.4 Å². The highest BCUT2D eigenvalue weighted by Gasteiger charge is 2.15. The van der Waals surface area contributed by atoms with Gasteiger partial charge in [0.05, 0.1) is 23.3 Å². The van der Waals surface area contributed by atoms with E-state index in [4.69, 9.17) is 20.8 Å². The molecule has 0 saturated carbocycles. The molecule has 4 aromatic rings. The van der Waals surface area contributed by atoms with E-state index in [1.54, 1.807) is 36.4 Å². The second-order valence-corrected chi connectivity index (χ2v) is 7.30. The number of carbonyl (C=O) groups excluding carboxylic acids is 1. The third-order valence-electron chi connectivity index (χ3n) is 4.16. The fourth-order valence-corrected chi connectivity index (χ4v) is 3.39. The summed E-state index contributed by atoms with van der Waals surface area (Å²) >= 11 is 9.60. The van der Waals surface area contributed by atoms with Crippen molar-refractivity contribution in [1.29, 1.82) is 0 Å². The molecule has 0 aliphatic heterocycles. The lowest BCUT2D eigenvalue weighted by molar-refractivity contribution is 0.102. The summed E-state index contributed by atoms with van der Waals surface area (Å²) in [4.78, 5) is 17.2. The first-order chi connectivity index (χ1) is 13.5. The van der Waals surface area contributed by atoms with E-state index >= 15 is 0 Å². The van der Waals surface area contributed by atoms with Crippen molar-refractivity contribution in [3.63, 3.8) is 0 Å².